The molecule has 0 saturated carbocycles. The lowest BCUT2D eigenvalue weighted by Crippen LogP contribution is -2.24. The summed E-state index contributed by atoms with van der Waals surface area (Å²) in [7, 11) is 0. The third-order valence-corrected chi connectivity index (χ3v) is 5.10. The first-order chi connectivity index (χ1) is 15.0. The lowest BCUT2D eigenvalue weighted by molar-refractivity contribution is 0.318. The molecule has 0 radical (unpaired) electrons. The van der Waals surface area contributed by atoms with Crippen molar-refractivity contribution in [1.29, 1.82) is 0 Å². The summed E-state index contributed by atoms with van der Waals surface area (Å²) in [5, 5.41) is 11.0. The standard InChI is InChI=1S/C25H23N3O3/c1-4-31-21-10-6-9-18(24(21)29)11-12-22-27-20-15-26-14-13-19(20)25(30)28(22)23-16(2)7-5-8-17(23)3/h5-15,29H,4H2,1-3H3. The molecule has 0 bridgehead atoms. The van der Waals surface area contributed by atoms with Crippen molar-refractivity contribution in [3.05, 3.63) is 87.7 Å². The second kappa shape index (κ2) is 8.44. The topological polar surface area (TPSA) is 77.2 Å². The van der Waals surface area contributed by atoms with E-state index in [1.807, 2.05) is 39.0 Å². The minimum atomic E-state index is -0.170. The van der Waals surface area contributed by atoms with Gasteiger partial charge in [-0.1, -0.05) is 30.3 Å². The Morgan fingerprint density at radius 3 is 2.55 bits per heavy atom. The van der Waals surface area contributed by atoms with Gasteiger partial charge >= 0.3 is 0 Å². The average Bonchev–Trinajstić information content (AvgIpc) is 2.76. The first kappa shape index (κ1) is 20.3. The molecule has 2 aromatic heterocycles. The summed E-state index contributed by atoms with van der Waals surface area (Å²) in [4.78, 5) is 22.3. The van der Waals surface area contributed by atoms with Crippen LogP contribution in [-0.2, 0) is 0 Å². The van der Waals surface area contributed by atoms with Crippen molar-refractivity contribution in [2.24, 2.45) is 0 Å². The van der Waals surface area contributed by atoms with Crippen LogP contribution < -0.4 is 10.3 Å². The number of aryl methyl sites for hydroxylation is 2. The maximum Gasteiger partial charge on any atom is 0.266 e. The summed E-state index contributed by atoms with van der Waals surface area (Å²) in [6, 6.07) is 12.9. The molecule has 6 heteroatoms. The number of phenols is 1. The third kappa shape index (κ3) is 3.80. The summed E-state index contributed by atoms with van der Waals surface area (Å²) >= 11 is 0. The Hall–Kier alpha value is -3.93. The van der Waals surface area contributed by atoms with Crippen LogP contribution in [0.15, 0.2) is 59.7 Å². The molecule has 156 valence electrons. The molecule has 4 aromatic rings. The number of phenolic OH excluding ortho intramolecular Hbond substituents is 1. The third-order valence-electron chi connectivity index (χ3n) is 5.10. The van der Waals surface area contributed by atoms with E-state index >= 15 is 0 Å². The Morgan fingerprint density at radius 2 is 1.81 bits per heavy atom. The minimum absolute atomic E-state index is 0.0454. The van der Waals surface area contributed by atoms with Crippen molar-refractivity contribution in [2.45, 2.75) is 20.8 Å². The van der Waals surface area contributed by atoms with Gasteiger partial charge in [-0.25, -0.2) is 4.98 Å². The maximum absolute atomic E-state index is 13.5. The molecule has 0 saturated heterocycles. The van der Waals surface area contributed by atoms with Gasteiger partial charge in [-0.2, -0.15) is 0 Å². The fraction of sp³-hybridized carbons (Fsp3) is 0.160. The van der Waals surface area contributed by atoms with Gasteiger partial charge in [0.15, 0.2) is 11.5 Å². The highest BCUT2D eigenvalue weighted by Gasteiger charge is 2.15. The second-order valence-corrected chi connectivity index (χ2v) is 7.20. The first-order valence-electron chi connectivity index (χ1n) is 10.1. The molecule has 31 heavy (non-hydrogen) atoms. The Morgan fingerprint density at radius 1 is 1.06 bits per heavy atom. The average molecular weight is 413 g/mol. The van der Waals surface area contributed by atoms with E-state index in [9.17, 15) is 9.90 Å². The van der Waals surface area contributed by atoms with Gasteiger partial charge in [0.25, 0.3) is 5.56 Å². The molecular formula is C25H23N3O3. The van der Waals surface area contributed by atoms with Crippen molar-refractivity contribution < 1.29 is 9.84 Å². The predicted octanol–water partition coefficient (Wildman–Crippen LogP) is 4.67. The van der Waals surface area contributed by atoms with Crippen LogP contribution in [0.4, 0.5) is 0 Å². The number of para-hydroxylation sites is 2. The second-order valence-electron chi connectivity index (χ2n) is 7.20. The molecule has 0 aliphatic heterocycles. The van der Waals surface area contributed by atoms with E-state index in [4.69, 9.17) is 9.72 Å². The Kier molecular flexibility index (Phi) is 5.54. The Balaban J connectivity index is 1.95. The predicted molar refractivity (Wildman–Crippen MR) is 123 cm³/mol. The van der Waals surface area contributed by atoms with Gasteiger partial charge in [0.2, 0.25) is 0 Å². The van der Waals surface area contributed by atoms with Gasteiger partial charge in [0.05, 0.1) is 29.4 Å². The zero-order chi connectivity index (χ0) is 22.0. The molecule has 6 nitrogen and oxygen atoms in total. The molecule has 1 N–H and O–H groups in total. The van der Waals surface area contributed by atoms with Crippen LogP contribution in [-0.4, -0.2) is 26.2 Å². The number of nitrogens with zero attached hydrogens (tertiary/aromatic N) is 3. The number of hydrogen-bond acceptors (Lipinski definition) is 5. The zero-order valence-electron chi connectivity index (χ0n) is 17.7. The summed E-state index contributed by atoms with van der Waals surface area (Å²) in [5.41, 5.74) is 3.64. The Bertz CT molecular complexity index is 1340. The van der Waals surface area contributed by atoms with E-state index in [1.165, 1.54) is 0 Å². The lowest BCUT2D eigenvalue weighted by Gasteiger charge is -2.16. The fourth-order valence-electron chi connectivity index (χ4n) is 3.65. The summed E-state index contributed by atoms with van der Waals surface area (Å²) < 4.78 is 7.09. The molecular weight excluding hydrogens is 390 g/mol. The van der Waals surface area contributed by atoms with E-state index < -0.39 is 0 Å². The van der Waals surface area contributed by atoms with Gasteiger partial charge in [-0.05, 0) is 56.2 Å². The quantitative estimate of drug-likeness (QED) is 0.514. The number of aromatic nitrogens is 3. The van der Waals surface area contributed by atoms with E-state index in [0.29, 0.717) is 34.6 Å². The van der Waals surface area contributed by atoms with Crippen LogP contribution in [0.5, 0.6) is 11.5 Å². The summed E-state index contributed by atoms with van der Waals surface area (Å²) in [5.74, 6) is 0.903. The van der Waals surface area contributed by atoms with E-state index in [2.05, 4.69) is 4.98 Å². The fourth-order valence-corrected chi connectivity index (χ4v) is 3.65. The molecule has 2 aromatic carbocycles. The molecule has 4 rings (SSSR count). The van der Waals surface area contributed by atoms with Crippen molar-refractivity contribution in [1.82, 2.24) is 14.5 Å². The smallest absolute Gasteiger partial charge is 0.266 e. The summed E-state index contributed by atoms with van der Waals surface area (Å²) in [6.45, 7) is 6.25. The maximum atomic E-state index is 13.5. The number of benzene rings is 2. The molecule has 0 aliphatic carbocycles. The van der Waals surface area contributed by atoms with Crippen LogP contribution in [0.25, 0.3) is 28.7 Å². The number of pyridine rings is 1. The van der Waals surface area contributed by atoms with Crippen molar-refractivity contribution >= 4 is 23.1 Å². The number of hydrogen-bond donors (Lipinski definition) is 1. The van der Waals surface area contributed by atoms with Crippen LogP contribution in [0.3, 0.4) is 0 Å². The molecule has 2 heterocycles. The van der Waals surface area contributed by atoms with Crippen molar-refractivity contribution in [2.75, 3.05) is 6.61 Å². The number of rotatable bonds is 5. The highest BCUT2D eigenvalue weighted by Crippen LogP contribution is 2.31. The number of aromatic hydroxyl groups is 1. The largest absolute Gasteiger partial charge is 0.504 e. The lowest BCUT2D eigenvalue weighted by atomic mass is 10.1. The van der Waals surface area contributed by atoms with Gasteiger partial charge in [0.1, 0.15) is 5.82 Å². The molecule has 0 atom stereocenters. The van der Waals surface area contributed by atoms with Gasteiger partial charge in [-0.3, -0.25) is 14.3 Å². The highest BCUT2D eigenvalue weighted by atomic mass is 16.5. The van der Waals surface area contributed by atoms with Crippen LogP contribution in [0.2, 0.25) is 0 Å². The van der Waals surface area contributed by atoms with E-state index in [0.717, 1.165) is 16.8 Å². The minimum Gasteiger partial charge on any atom is -0.504 e. The van der Waals surface area contributed by atoms with Gasteiger partial charge in [-0.15, -0.1) is 0 Å². The monoisotopic (exact) mass is 413 g/mol. The normalized spacial score (nSPS) is 11.3. The van der Waals surface area contributed by atoms with Crippen LogP contribution in [0.1, 0.15) is 29.4 Å². The van der Waals surface area contributed by atoms with Gasteiger partial charge in [0, 0.05) is 11.8 Å². The highest BCUT2D eigenvalue weighted by molar-refractivity contribution is 5.80. The van der Waals surface area contributed by atoms with Crippen molar-refractivity contribution in [3.63, 3.8) is 0 Å². The molecule has 0 unspecified atom stereocenters. The summed E-state index contributed by atoms with van der Waals surface area (Å²) in [6.07, 6.45) is 6.62. The van der Waals surface area contributed by atoms with E-state index in [-0.39, 0.29) is 11.3 Å². The zero-order valence-corrected chi connectivity index (χ0v) is 17.7. The number of ether oxygens (including phenoxy) is 1. The van der Waals surface area contributed by atoms with Crippen molar-refractivity contribution in [3.8, 4) is 17.2 Å². The number of fused-ring (bicyclic) bond motifs is 1. The molecule has 0 fully saturated rings. The molecule has 0 aliphatic rings. The van der Waals surface area contributed by atoms with E-state index in [1.54, 1.807) is 53.4 Å². The first-order valence-corrected chi connectivity index (χ1v) is 10.1. The SMILES string of the molecule is CCOc1cccc(C=Cc2nc3cnccc3c(=O)n2-c2c(C)cccc2C)c1O. The molecule has 0 amide bonds. The Labute approximate surface area is 180 Å². The molecule has 0 spiro atoms. The van der Waals surface area contributed by atoms with Gasteiger partial charge < -0.3 is 9.84 Å². The van der Waals surface area contributed by atoms with Crippen LogP contribution >= 0.6 is 0 Å². The van der Waals surface area contributed by atoms with Crippen LogP contribution in [0, 0.1) is 13.8 Å².